The molecule has 0 bridgehead atoms. The molecule has 0 radical (unpaired) electrons. The number of hydrogen-bond acceptors (Lipinski definition) is 5. The van der Waals surface area contributed by atoms with Gasteiger partial charge in [-0.1, -0.05) is 18.2 Å². The van der Waals surface area contributed by atoms with Crippen molar-refractivity contribution in [2.75, 3.05) is 12.4 Å². The van der Waals surface area contributed by atoms with E-state index in [-0.39, 0.29) is 22.9 Å². The summed E-state index contributed by atoms with van der Waals surface area (Å²) >= 11 is 0. The Balaban J connectivity index is 0.00000306. The van der Waals surface area contributed by atoms with Gasteiger partial charge in [0, 0.05) is 23.8 Å². The van der Waals surface area contributed by atoms with Crippen molar-refractivity contribution in [2.45, 2.75) is 18.4 Å². The van der Waals surface area contributed by atoms with E-state index in [1.807, 2.05) is 12.1 Å². The number of hydrogen-bond donors (Lipinski definition) is 2. The number of halogens is 2. The van der Waals surface area contributed by atoms with Gasteiger partial charge in [-0.3, -0.25) is 0 Å². The molecule has 4 aromatic rings. The molecular weight excluding hydrogens is 463 g/mol. The molecule has 0 aliphatic heterocycles. The Labute approximate surface area is 198 Å². The maximum absolute atomic E-state index is 14.3. The maximum atomic E-state index is 14.3. The Morgan fingerprint density at radius 3 is 2.58 bits per heavy atom. The van der Waals surface area contributed by atoms with Gasteiger partial charge in [-0.2, -0.15) is 5.26 Å². The average molecular weight is 485 g/mol. The molecule has 1 heterocycles. The van der Waals surface area contributed by atoms with E-state index in [0.29, 0.717) is 23.4 Å². The zero-order valence-corrected chi connectivity index (χ0v) is 19.6. The van der Waals surface area contributed by atoms with Crippen molar-refractivity contribution in [3.8, 4) is 6.07 Å². The van der Waals surface area contributed by atoms with Crippen LogP contribution in [0.15, 0.2) is 71.8 Å². The van der Waals surface area contributed by atoms with Gasteiger partial charge in [0.25, 0.3) is 10.0 Å². The lowest BCUT2D eigenvalue weighted by molar-refractivity contribution is 0.589. The molecule has 2 N–H and O–H groups in total. The highest BCUT2D eigenvalue weighted by atomic mass is 35.5. The maximum Gasteiger partial charge on any atom is 0.268 e. The number of aromatic nitrogens is 1. The minimum Gasteiger partial charge on any atom is -0.353 e. The second-order valence-electron chi connectivity index (χ2n) is 7.47. The summed E-state index contributed by atoms with van der Waals surface area (Å²) in [4.78, 5) is 0.0207. The van der Waals surface area contributed by atoms with Gasteiger partial charge in [-0.25, -0.2) is 16.8 Å². The van der Waals surface area contributed by atoms with Crippen LogP contribution in [-0.4, -0.2) is 19.4 Å². The summed E-state index contributed by atoms with van der Waals surface area (Å²) in [7, 11) is -2.18. The number of anilines is 2. The molecule has 0 atom stereocenters. The summed E-state index contributed by atoms with van der Waals surface area (Å²) in [6.45, 7) is 2.28. The van der Waals surface area contributed by atoms with E-state index in [0.717, 1.165) is 16.5 Å². The van der Waals surface area contributed by atoms with Crippen LogP contribution in [0.1, 0.15) is 16.7 Å². The smallest absolute Gasteiger partial charge is 0.268 e. The third kappa shape index (κ3) is 4.71. The van der Waals surface area contributed by atoms with Gasteiger partial charge in [-0.15, -0.1) is 12.4 Å². The quantitative estimate of drug-likeness (QED) is 0.398. The van der Waals surface area contributed by atoms with Crippen molar-refractivity contribution in [3.05, 3.63) is 89.4 Å². The summed E-state index contributed by atoms with van der Waals surface area (Å²) in [5.41, 5.74) is 3.17. The number of benzene rings is 3. The zero-order chi connectivity index (χ0) is 22.9. The number of nitriles is 1. The van der Waals surface area contributed by atoms with Crippen LogP contribution in [0.3, 0.4) is 0 Å². The molecule has 0 fully saturated rings. The molecule has 170 valence electrons. The van der Waals surface area contributed by atoms with Crippen molar-refractivity contribution in [3.63, 3.8) is 0 Å². The standard InChI is InChI=1S/C24H21FN4O2S.ClH/c1-16-6-9-23(22(25)10-16)28-19-7-8-21-18(14-27-2)15-29(24(21)12-19)32(30,31)20-5-3-4-17(11-20)13-26;/h3-12,15,27-28H,14H2,1-2H3;1H. The highest BCUT2D eigenvalue weighted by molar-refractivity contribution is 7.90. The molecular formula is C24H22ClFN4O2S. The number of fused-ring (bicyclic) bond motifs is 1. The zero-order valence-electron chi connectivity index (χ0n) is 18.0. The second-order valence-corrected chi connectivity index (χ2v) is 9.28. The third-order valence-electron chi connectivity index (χ3n) is 5.14. The van der Waals surface area contributed by atoms with Crippen LogP contribution in [0.5, 0.6) is 0 Å². The van der Waals surface area contributed by atoms with E-state index >= 15 is 0 Å². The van der Waals surface area contributed by atoms with Crippen molar-refractivity contribution in [2.24, 2.45) is 0 Å². The van der Waals surface area contributed by atoms with Crippen LogP contribution in [-0.2, 0) is 16.6 Å². The van der Waals surface area contributed by atoms with Gasteiger partial charge in [0.1, 0.15) is 5.82 Å². The van der Waals surface area contributed by atoms with E-state index in [1.54, 1.807) is 56.6 Å². The molecule has 0 spiro atoms. The molecule has 0 aliphatic rings. The van der Waals surface area contributed by atoms with Crippen molar-refractivity contribution in [1.29, 1.82) is 5.26 Å². The van der Waals surface area contributed by atoms with Crippen LogP contribution in [0, 0.1) is 24.1 Å². The Morgan fingerprint density at radius 1 is 1.09 bits per heavy atom. The number of nitrogens with one attached hydrogen (secondary N) is 2. The molecule has 3 aromatic carbocycles. The van der Waals surface area contributed by atoms with Gasteiger partial charge in [0.2, 0.25) is 0 Å². The monoisotopic (exact) mass is 484 g/mol. The molecule has 0 saturated heterocycles. The van der Waals surface area contributed by atoms with Crippen LogP contribution in [0.2, 0.25) is 0 Å². The van der Waals surface area contributed by atoms with E-state index in [4.69, 9.17) is 5.26 Å². The largest absolute Gasteiger partial charge is 0.353 e. The Morgan fingerprint density at radius 2 is 1.88 bits per heavy atom. The highest BCUT2D eigenvalue weighted by Gasteiger charge is 2.22. The SMILES string of the molecule is CNCc1cn(S(=O)(=O)c2cccc(C#N)c2)c2cc(Nc3ccc(C)cc3F)ccc12.Cl. The second kappa shape index (κ2) is 9.63. The Kier molecular flexibility index (Phi) is 7.08. The first-order valence-corrected chi connectivity index (χ1v) is 11.3. The van der Waals surface area contributed by atoms with Crippen LogP contribution in [0.25, 0.3) is 10.9 Å². The van der Waals surface area contributed by atoms with E-state index in [2.05, 4.69) is 10.6 Å². The molecule has 1 aromatic heterocycles. The van der Waals surface area contributed by atoms with E-state index in [9.17, 15) is 12.8 Å². The molecule has 0 unspecified atom stereocenters. The highest BCUT2D eigenvalue weighted by Crippen LogP contribution is 2.30. The first-order valence-electron chi connectivity index (χ1n) is 9.91. The predicted octanol–water partition coefficient (Wildman–Crippen LogP) is 5.08. The Hall–Kier alpha value is -3.38. The van der Waals surface area contributed by atoms with E-state index in [1.165, 1.54) is 22.2 Å². The van der Waals surface area contributed by atoms with Crippen LogP contribution in [0.4, 0.5) is 15.8 Å². The lowest BCUT2D eigenvalue weighted by Crippen LogP contribution is -2.12. The first kappa shape index (κ1) is 24.3. The number of rotatable bonds is 6. The normalized spacial score (nSPS) is 11.1. The topological polar surface area (TPSA) is 86.9 Å². The fourth-order valence-corrected chi connectivity index (χ4v) is 5.02. The molecule has 33 heavy (non-hydrogen) atoms. The third-order valence-corrected chi connectivity index (χ3v) is 6.81. The molecule has 0 aliphatic carbocycles. The average Bonchev–Trinajstić information content (AvgIpc) is 3.14. The van der Waals surface area contributed by atoms with Gasteiger partial charge in [-0.05, 0) is 67.6 Å². The number of aryl methyl sites for hydroxylation is 1. The van der Waals surface area contributed by atoms with Crippen molar-refractivity contribution >= 4 is 44.7 Å². The Bertz CT molecular complexity index is 1480. The van der Waals surface area contributed by atoms with Crippen LogP contribution < -0.4 is 10.6 Å². The minimum absolute atomic E-state index is 0. The van der Waals surface area contributed by atoms with Gasteiger partial charge < -0.3 is 10.6 Å². The molecule has 6 nitrogen and oxygen atoms in total. The van der Waals surface area contributed by atoms with Crippen molar-refractivity contribution < 1.29 is 12.8 Å². The summed E-state index contributed by atoms with van der Waals surface area (Å²) in [5.74, 6) is -0.391. The first-order chi connectivity index (χ1) is 15.3. The van der Waals surface area contributed by atoms with Crippen molar-refractivity contribution in [1.82, 2.24) is 9.29 Å². The fourth-order valence-electron chi connectivity index (χ4n) is 3.59. The van der Waals surface area contributed by atoms with E-state index < -0.39 is 15.8 Å². The molecule has 9 heteroatoms. The van der Waals surface area contributed by atoms with Gasteiger partial charge in [0.05, 0.1) is 27.7 Å². The fraction of sp³-hybridized carbons (Fsp3) is 0.125. The predicted molar refractivity (Wildman–Crippen MR) is 130 cm³/mol. The molecule has 4 rings (SSSR count). The lowest BCUT2D eigenvalue weighted by atomic mass is 10.1. The van der Waals surface area contributed by atoms with Gasteiger partial charge in [0.15, 0.2) is 0 Å². The number of nitrogens with zero attached hydrogens (tertiary/aromatic N) is 2. The molecule has 0 amide bonds. The summed E-state index contributed by atoms with van der Waals surface area (Å²) in [6, 6.07) is 18.0. The minimum atomic E-state index is -3.96. The summed E-state index contributed by atoms with van der Waals surface area (Å²) in [6.07, 6.45) is 1.58. The summed E-state index contributed by atoms with van der Waals surface area (Å²) in [5, 5.41) is 16.0. The van der Waals surface area contributed by atoms with Gasteiger partial charge >= 0.3 is 0 Å². The summed E-state index contributed by atoms with van der Waals surface area (Å²) < 4.78 is 42.4. The van der Waals surface area contributed by atoms with Crippen LogP contribution >= 0.6 is 12.4 Å². The molecule has 0 saturated carbocycles. The lowest BCUT2D eigenvalue weighted by Gasteiger charge is -2.11.